The standard InChI is InChI=1S/C7H14N2O2/c1-5(2)9(4)7(11)8-6(3)10/h5H,1-4H3,(H,8,10,11). The van der Waals surface area contributed by atoms with Gasteiger partial charge in [-0.2, -0.15) is 0 Å². The molecular weight excluding hydrogens is 144 g/mol. The van der Waals surface area contributed by atoms with Crippen LogP contribution in [0, 0.1) is 0 Å². The van der Waals surface area contributed by atoms with Gasteiger partial charge >= 0.3 is 6.03 Å². The average molecular weight is 158 g/mol. The van der Waals surface area contributed by atoms with Gasteiger partial charge in [0, 0.05) is 20.0 Å². The Hall–Kier alpha value is -1.06. The molecule has 0 saturated heterocycles. The quantitative estimate of drug-likeness (QED) is 0.607. The molecule has 0 saturated carbocycles. The lowest BCUT2D eigenvalue weighted by molar-refractivity contribution is -0.118. The molecule has 0 aliphatic rings. The SMILES string of the molecule is CC(=O)NC(=O)N(C)C(C)C. The summed E-state index contributed by atoms with van der Waals surface area (Å²) in [6.45, 7) is 5.06. The van der Waals surface area contributed by atoms with Crippen molar-refractivity contribution in [3.05, 3.63) is 0 Å². The molecule has 0 aromatic rings. The van der Waals surface area contributed by atoms with Gasteiger partial charge in [0.15, 0.2) is 0 Å². The first-order valence-electron chi connectivity index (χ1n) is 3.49. The van der Waals surface area contributed by atoms with E-state index in [1.165, 1.54) is 11.8 Å². The van der Waals surface area contributed by atoms with E-state index in [9.17, 15) is 9.59 Å². The molecule has 0 aliphatic carbocycles. The van der Waals surface area contributed by atoms with Gasteiger partial charge in [-0.25, -0.2) is 4.79 Å². The Morgan fingerprint density at radius 1 is 1.36 bits per heavy atom. The summed E-state index contributed by atoms with van der Waals surface area (Å²) in [6.07, 6.45) is 0. The number of carbonyl (C=O) groups is 2. The second-order valence-corrected chi connectivity index (χ2v) is 2.69. The molecule has 3 amide bonds. The number of rotatable bonds is 1. The van der Waals surface area contributed by atoms with Gasteiger partial charge in [0.2, 0.25) is 5.91 Å². The maximum Gasteiger partial charge on any atom is 0.323 e. The van der Waals surface area contributed by atoms with Crippen LogP contribution in [0.4, 0.5) is 4.79 Å². The predicted octanol–water partition coefficient (Wildman–Crippen LogP) is 0.583. The van der Waals surface area contributed by atoms with Crippen LogP contribution in [0.1, 0.15) is 20.8 Å². The lowest BCUT2D eigenvalue weighted by Gasteiger charge is -2.20. The van der Waals surface area contributed by atoms with Crippen LogP contribution in [0.15, 0.2) is 0 Å². The van der Waals surface area contributed by atoms with Crippen LogP contribution in [0.2, 0.25) is 0 Å². The summed E-state index contributed by atoms with van der Waals surface area (Å²) < 4.78 is 0. The Bertz CT molecular complexity index is 166. The highest BCUT2D eigenvalue weighted by Gasteiger charge is 2.11. The second-order valence-electron chi connectivity index (χ2n) is 2.69. The van der Waals surface area contributed by atoms with E-state index < -0.39 is 0 Å². The van der Waals surface area contributed by atoms with Crippen LogP contribution >= 0.6 is 0 Å². The number of nitrogens with zero attached hydrogens (tertiary/aromatic N) is 1. The fraction of sp³-hybridized carbons (Fsp3) is 0.714. The molecule has 0 aromatic carbocycles. The van der Waals surface area contributed by atoms with Crippen molar-refractivity contribution < 1.29 is 9.59 Å². The Kier molecular flexibility index (Phi) is 3.57. The molecular formula is C7H14N2O2. The Morgan fingerprint density at radius 2 is 1.82 bits per heavy atom. The van der Waals surface area contributed by atoms with E-state index in [0.717, 1.165) is 0 Å². The van der Waals surface area contributed by atoms with E-state index in [-0.39, 0.29) is 18.0 Å². The van der Waals surface area contributed by atoms with Crippen LogP contribution in [-0.2, 0) is 4.79 Å². The number of hydrogen-bond donors (Lipinski definition) is 1. The molecule has 0 aliphatic heterocycles. The average Bonchev–Trinajstić information content (AvgIpc) is 1.84. The molecule has 0 aromatic heterocycles. The predicted molar refractivity (Wildman–Crippen MR) is 42.1 cm³/mol. The van der Waals surface area contributed by atoms with Gasteiger partial charge < -0.3 is 4.90 Å². The molecule has 0 radical (unpaired) electrons. The van der Waals surface area contributed by atoms with Crippen molar-refractivity contribution in [3.8, 4) is 0 Å². The third-order valence-electron chi connectivity index (χ3n) is 1.38. The highest BCUT2D eigenvalue weighted by Crippen LogP contribution is 1.92. The van der Waals surface area contributed by atoms with Gasteiger partial charge in [0.25, 0.3) is 0 Å². The highest BCUT2D eigenvalue weighted by atomic mass is 16.2. The van der Waals surface area contributed by atoms with Crippen molar-refractivity contribution in [2.24, 2.45) is 0 Å². The Morgan fingerprint density at radius 3 is 2.09 bits per heavy atom. The number of amides is 3. The maximum atomic E-state index is 11.0. The van der Waals surface area contributed by atoms with E-state index in [1.54, 1.807) is 7.05 Å². The van der Waals surface area contributed by atoms with E-state index in [2.05, 4.69) is 5.32 Å². The fourth-order valence-electron chi connectivity index (χ4n) is 0.473. The first-order valence-corrected chi connectivity index (χ1v) is 3.49. The minimum atomic E-state index is -0.354. The van der Waals surface area contributed by atoms with Crippen molar-refractivity contribution in [2.45, 2.75) is 26.8 Å². The minimum absolute atomic E-state index is 0.106. The van der Waals surface area contributed by atoms with Crippen molar-refractivity contribution in [3.63, 3.8) is 0 Å². The maximum absolute atomic E-state index is 11.0. The number of carbonyl (C=O) groups excluding carboxylic acids is 2. The fourth-order valence-corrected chi connectivity index (χ4v) is 0.473. The molecule has 0 heterocycles. The van der Waals surface area contributed by atoms with Gasteiger partial charge in [-0.3, -0.25) is 10.1 Å². The number of imide groups is 1. The number of hydrogen-bond acceptors (Lipinski definition) is 2. The summed E-state index contributed by atoms with van der Waals surface area (Å²) in [5.41, 5.74) is 0. The smallest absolute Gasteiger partial charge is 0.323 e. The zero-order valence-electron chi connectivity index (χ0n) is 7.34. The molecule has 0 fully saturated rings. The summed E-state index contributed by atoms with van der Waals surface area (Å²) in [6, 6.07) is -0.248. The third kappa shape index (κ3) is 3.60. The third-order valence-corrected chi connectivity index (χ3v) is 1.38. The van der Waals surface area contributed by atoms with Gasteiger partial charge in [0.1, 0.15) is 0 Å². The molecule has 0 bridgehead atoms. The number of nitrogens with one attached hydrogen (secondary N) is 1. The van der Waals surface area contributed by atoms with Crippen molar-refractivity contribution in [1.82, 2.24) is 10.2 Å². The zero-order valence-corrected chi connectivity index (χ0v) is 7.34. The first-order chi connectivity index (χ1) is 4.95. The molecule has 0 spiro atoms. The van der Waals surface area contributed by atoms with Crippen LogP contribution in [0.5, 0.6) is 0 Å². The summed E-state index contributed by atoms with van der Waals surface area (Å²) in [7, 11) is 1.64. The molecule has 64 valence electrons. The van der Waals surface area contributed by atoms with Crippen LogP contribution < -0.4 is 5.32 Å². The molecule has 1 N–H and O–H groups in total. The number of urea groups is 1. The molecule has 0 rings (SSSR count). The molecule has 0 atom stereocenters. The Balaban J connectivity index is 3.93. The summed E-state index contributed by atoms with van der Waals surface area (Å²) >= 11 is 0. The van der Waals surface area contributed by atoms with Gasteiger partial charge in [0.05, 0.1) is 0 Å². The summed E-state index contributed by atoms with van der Waals surface area (Å²) in [4.78, 5) is 22.9. The van der Waals surface area contributed by atoms with Crippen LogP contribution in [0.25, 0.3) is 0 Å². The normalized spacial score (nSPS) is 9.55. The zero-order chi connectivity index (χ0) is 9.02. The lowest BCUT2D eigenvalue weighted by Crippen LogP contribution is -2.42. The monoisotopic (exact) mass is 158 g/mol. The first kappa shape index (κ1) is 9.94. The van der Waals surface area contributed by atoms with Crippen molar-refractivity contribution in [2.75, 3.05) is 7.05 Å². The molecule has 11 heavy (non-hydrogen) atoms. The van der Waals surface area contributed by atoms with Gasteiger partial charge in [-0.1, -0.05) is 0 Å². The molecule has 4 heteroatoms. The van der Waals surface area contributed by atoms with Crippen LogP contribution in [-0.4, -0.2) is 29.9 Å². The van der Waals surface area contributed by atoms with Gasteiger partial charge in [-0.15, -0.1) is 0 Å². The summed E-state index contributed by atoms with van der Waals surface area (Å²) in [5, 5.41) is 2.17. The highest BCUT2D eigenvalue weighted by molar-refractivity contribution is 5.92. The Labute approximate surface area is 66.6 Å². The minimum Gasteiger partial charge on any atom is -0.325 e. The molecule has 4 nitrogen and oxygen atoms in total. The summed E-state index contributed by atoms with van der Waals surface area (Å²) in [5.74, 6) is -0.331. The van der Waals surface area contributed by atoms with Crippen molar-refractivity contribution >= 4 is 11.9 Å². The van der Waals surface area contributed by atoms with Gasteiger partial charge in [-0.05, 0) is 13.8 Å². The second kappa shape index (κ2) is 3.95. The van der Waals surface area contributed by atoms with E-state index in [0.29, 0.717) is 0 Å². The molecule has 0 unspecified atom stereocenters. The van der Waals surface area contributed by atoms with Crippen LogP contribution in [0.3, 0.4) is 0 Å². The van der Waals surface area contributed by atoms with E-state index in [1.807, 2.05) is 13.8 Å². The van der Waals surface area contributed by atoms with E-state index in [4.69, 9.17) is 0 Å². The topological polar surface area (TPSA) is 49.4 Å². The van der Waals surface area contributed by atoms with E-state index >= 15 is 0 Å². The largest absolute Gasteiger partial charge is 0.325 e. The lowest BCUT2D eigenvalue weighted by atomic mass is 10.4. The van der Waals surface area contributed by atoms with Crippen molar-refractivity contribution in [1.29, 1.82) is 0 Å².